The summed E-state index contributed by atoms with van der Waals surface area (Å²) in [6.45, 7) is 1.32. The van der Waals surface area contributed by atoms with E-state index in [-0.39, 0.29) is 22.2 Å². The van der Waals surface area contributed by atoms with Gasteiger partial charge in [0.05, 0.1) is 23.8 Å². The third-order valence-corrected chi connectivity index (χ3v) is 7.00. The van der Waals surface area contributed by atoms with Gasteiger partial charge in [-0.05, 0) is 30.5 Å². The summed E-state index contributed by atoms with van der Waals surface area (Å²) in [6.07, 6.45) is 6.02. The average Bonchev–Trinajstić information content (AvgIpc) is 3.16. The smallest absolute Gasteiger partial charge is 0.243 e. The van der Waals surface area contributed by atoms with Crippen molar-refractivity contribution >= 4 is 21.6 Å². The van der Waals surface area contributed by atoms with Crippen LogP contribution in [-0.4, -0.2) is 50.0 Å². The van der Waals surface area contributed by atoms with Gasteiger partial charge in [0.15, 0.2) is 0 Å². The van der Waals surface area contributed by atoms with Crippen LogP contribution in [0, 0.1) is 5.92 Å². The lowest BCUT2D eigenvalue weighted by Crippen LogP contribution is -2.40. The van der Waals surface area contributed by atoms with Crippen LogP contribution in [0.3, 0.4) is 0 Å². The van der Waals surface area contributed by atoms with Gasteiger partial charge in [0.1, 0.15) is 5.75 Å². The Kier molecular flexibility index (Phi) is 6.16. The maximum absolute atomic E-state index is 12.7. The molecule has 1 aliphatic carbocycles. The molecule has 1 aromatic carbocycles. The minimum Gasteiger partial charge on any atom is -0.506 e. The molecule has 3 rings (SSSR count). The van der Waals surface area contributed by atoms with Gasteiger partial charge in [-0.25, -0.2) is 8.42 Å². The van der Waals surface area contributed by atoms with E-state index in [1.807, 2.05) is 0 Å². The van der Waals surface area contributed by atoms with Crippen LogP contribution in [0.25, 0.3) is 0 Å². The van der Waals surface area contributed by atoms with Crippen LogP contribution >= 0.6 is 0 Å². The van der Waals surface area contributed by atoms with Crippen LogP contribution in [0.15, 0.2) is 23.1 Å². The zero-order valence-electron chi connectivity index (χ0n) is 14.8. The zero-order chi connectivity index (χ0) is 18.6. The summed E-state index contributed by atoms with van der Waals surface area (Å²) < 4.78 is 32.0. The number of amides is 1. The molecule has 144 valence electrons. The minimum atomic E-state index is -3.67. The Morgan fingerprint density at radius 2 is 1.92 bits per heavy atom. The molecule has 1 amide bonds. The van der Waals surface area contributed by atoms with Gasteiger partial charge in [-0.15, -0.1) is 0 Å². The van der Waals surface area contributed by atoms with E-state index >= 15 is 0 Å². The third kappa shape index (κ3) is 4.55. The SMILES string of the molecule is O=C(CCC1CCCC1)Nc1cc(S(=O)(=O)N2CCOCC2)ccc1O. The van der Waals surface area contributed by atoms with Gasteiger partial charge in [0.25, 0.3) is 0 Å². The Morgan fingerprint density at radius 1 is 1.23 bits per heavy atom. The number of benzene rings is 1. The maximum Gasteiger partial charge on any atom is 0.243 e. The molecule has 8 heteroatoms. The third-order valence-electron chi connectivity index (χ3n) is 5.10. The molecular formula is C18H26N2O5S. The van der Waals surface area contributed by atoms with Gasteiger partial charge in [0, 0.05) is 19.5 Å². The summed E-state index contributed by atoms with van der Waals surface area (Å²) >= 11 is 0. The first kappa shape index (κ1) is 19.1. The number of anilines is 1. The largest absolute Gasteiger partial charge is 0.506 e. The van der Waals surface area contributed by atoms with Gasteiger partial charge < -0.3 is 15.2 Å². The number of hydrogen-bond donors (Lipinski definition) is 2. The van der Waals surface area contributed by atoms with Crippen molar-refractivity contribution in [1.29, 1.82) is 0 Å². The number of ether oxygens (including phenoxy) is 1. The maximum atomic E-state index is 12.7. The number of nitrogens with zero attached hydrogens (tertiary/aromatic N) is 1. The molecule has 1 aromatic rings. The monoisotopic (exact) mass is 382 g/mol. The second-order valence-corrected chi connectivity index (χ2v) is 8.87. The number of rotatable bonds is 6. The van der Waals surface area contributed by atoms with E-state index in [1.54, 1.807) is 0 Å². The highest BCUT2D eigenvalue weighted by Gasteiger charge is 2.27. The van der Waals surface area contributed by atoms with Gasteiger partial charge in [0.2, 0.25) is 15.9 Å². The fourth-order valence-electron chi connectivity index (χ4n) is 3.56. The molecule has 0 unspecified atom stereocenters. The molecule has 1 aliphatic heterocycles. The number of phenols is 1. The van der Waals surface area contributed by atoms with Gasteiger partial charge >= 0.3 is 0 Å². The number of hydrogen-bond acceptors (Lipinski definition) is 5. The lowest BCUT2D eigenvalue weighted by atomic mass is 10.0. The fraction of sp³-hybridized carbons (Fsp3) is 0.611. The predicted octanol–water partition coefficient (Wildman–Crippen LogP) is 2.32. The van der Waals surface area contributed by atoms with Gasteiger partial charge in [-0.3, -0.25) is 4.79 Å². The van der Waals surface area contributed by atoms with Crippen molar-refractivity contribution in [3.05, 3.63) is 18.2 Å². The standard InChI is InChI=1S/C18H26N2O5S/c21-17-7-6-15(26(23,24)20-9-11-25-12-10-20)13-16(17)19-18(22)8-5-14-3-1-2-4-14/h6-7,13-14,21H,1-5,8-12H2,(H,19,22). The van der Waals surface area contributed by atoms with E-state index in [0.717, 1.165) is 6.42 Å². The van der Waals surface area contributed by atoms with Crippen molar-refractivity contribution in [1.82, 2.24) is 4.31 Å². The molecule has 0 atom stereocenters. The Bertz CT molecular complexity index is 738. The highest BCUT2D eigenvalue weighted by Crippen LogP contribution is 2.30. The van der Waals surface area contributed by atoms with Crippen LogP contribution in [0.1, 0.15) is 38.5 Å². The summed E-state index contributed by atoms with van der Waals surface area (Å²) in [6, 6.07) is 3.99. The first-order valence-corrected chi connectivity index (χ1v) is 10.6. The van der Waals surface area contributed by atoms with E-state index in [0.29, 0.717) is 38.6 Å². The number of carbonyl (C=O) groups is 1. The Labute approximate surface area is 154 Å². The molecule has 7 nitrogen and oxygen atoms in total. The lowest BCUT2D eigenvalue weighted by molar-refractivity contribution is -0.116. The quantitative estimate of drug-likeness (QED) is 0.736. The summed E-state index contributed by atoms with van der Waals surface area (Å²) in [5.74, 6) is 0.260. The van der Waals surface area contributed by atoms with Crippen molar-refractivity contribution in [3.8, 4) is 5.75 Å². The van der Waals surface area contributed by atoms with E-state index in [4.69, 9.17) is 4.74 Å². The first-order valence-electron chi connectivity index (χ1n) is 9.17. The van der Waals surface area contributed by atoms with Crippen LogP contribution in [-0.2, 0) is 19.6 Å². The highest BCUT2D eigenvalue weighted by molar-refractivity contribution is 7.89. The molecule has 1 saturated heterocycles. The Hall–Kier alpha value is -1.64. The van der Waals surface area contributed by atoms with E-state index in [1.165, 1.54) is 48.2 Å². The summed E-state index contributed by atoms with van der Waals surface area (Å²) in [5.41, 5.74) is 0.135. The average molecular weight is 382 g/mol. The molecule has 26 heavy (non-hydrogen) atoms. The molecule has 0 spiro atoms. The first-order chi connectivity index (χ1) is 12.5. The van der Waals surface area contributed by atoms with Crippen LogP contribution < -0.4 is 5.32 Å². The van der Waals surface area contributed by atoms with Crippen LogP contribution in [0.2, 0.25) is 0 Å². The molecule has 0 aromatic heterocycles. The number of sulfonamides is 1. The van der Waals surface area contributed by atoms with Crippen molar-refractivity contribution in [2.24, 2.45) is 5.92 Å². The predicted molar refractivity (Wildman–Crippen MR) is 97.5 cm³/mol. The van der Waals surface area contributed by atoms with Crippen molar-refractivity contribution in [2.75, 3.05) is 31.6 Å². The molecule has 2 N–H and O–H groups in total. The van der Waals surface area contributed by atoms with E-state index < -0.39 is 10.0 Å². The summed E-state index contributed by atoms with van der Waals surface area (Å²) in [4.78, 5) is 12.2. The Morgan fingerprint density at radius 3 is 2.62 bits per heavy atom. The van der Waals surface area contributed by atoms with Crippen LogP contribution in [0.4, 0.5) is 5.69 Å². The second-order valence-electron chi connectivity index (χ2n) is 6.93. The number of carbonyl (C=O) groups excluding carboxylic acids is 1. The van der Waals surface area contributed by atoms with Crippen molar-refractivity contribution in [2.45, 2.75) is 43.4 Å². The van der Waals surface area contributed by atoms with E-state index in [2.05, 4.69) is 5.32 Å². The number of nitrogens with one attached hydrogen (secondary N) is 1. The molecular weight excluding hydrogens is 356 g/mol. The van der Waals surface area contributed by atoms with E-state index in [9.17, 15) is 18.3 Å². The molecule has 0 bridgehead atoms. The molecule has 1 saturated carbocycles. The summed E-state index contributed by atoms with van der Waals surface area (Å²) in [5, 5.41) is 12.6. The fourth-order valence-corrected chi connectivity index (χ4v) is 4.99. The molecule has 0 radical (unpaired) electrons. The normalized spacial score (nSPS) is 19.5. The second kappa shape index (κ2) is 8.37. The zero-order valence-corrected chi connectivity index (χ0v) is 15.6. The Balaban J connectivity index is 1.67. The number of phenolic OH excluding ortho intramolecular Hbond substituents is 1. The summed E-state index contributed by atoms with van der Waals surface area (Å²) in [7, 11) is -3.67. The van der Waals surface area contributed by atoms with Crippen LogP contribution in [0.5, 0.6) is 5.75 Å². The molecule has 2 aliphatic rings. The van der Waals surface area contributed by atoms with Crippen molar-refractivity contribution in [3.63, 3.8) is 0 Å². The topological polar surface area (TPSA) is 95.9 Å². The lowest BCUT2D eigenvalue weighted by Gasteiger charge is -2.26. The van der Waals surface area contributed by atoms with Crippen molar-refractivity contribution < 1.29 is 23.1 Å². The van der Waals surface area contributed by atoms with Gasteiger partial charge in [-0.1, -0.05) is 25.7 Å². The van der Waals surface area contributed by atoms with Gasteiger partial charge in [-0.2, -0.15) is 4.31 Å². The number of morpholine rings is 1. The molecule has 1 heterocycles. The molecule has 2 fully saturated rings. The highest BCUT2D eigenvalue weighted by atomic mass is 32.2. The minimum absolute atomic E-state index is 0.0586. The number of aromatic hydroxyl groups is 1.